The molecule has 0 spiro atoms. The van der Waals surface area contributed by atoms with Crippen LogP contribution in [0.25, 0.3) is 0 Å². The number of halogens is 3. The van der Waals surface area contributed by atoms with Gasteiger partial charge in [-0.05, 0) is 32.4 Å². The molecule has 0 radical (unpaired) electrons. The third kappa shape index (κ3) is 4.39. The first kappa shape index (κ1) is 14.5. The van der Waals surface area contributed by atoms with E-state index in [1.165, 1.54) is 18.2 Å². The van der Waals surface area contributed by atoms with Crippen LogP contribution >= 0.6 is 0 Å². The molecule has 0 saturated carbocycles. The zero-order chi connectivity index (χ0) is 14.0. The van der Waals surface area contributed by atoms with Gasteiger partial charge in [0.1, 0.15) is 0 Å². The van der Waals surface area contributed by atoms with Gasteiger partial charge in [0.25, 0.3) is 0 Å². The lowest BCUT2D eigenvalue weighted by molar-refractivity contribution is -0.138. The highest BCUT2D eigenvalue weighted by molar-refractivity contribution is 5.79. The number of rotatable bonds is 2. The molecule has 1 amide bonds. The third-order valence-corrected chi connectivity index (χ3v) is 2.19. The summed E-state index contributed by atoms with van der Waals surface area (Å²) in [5, 5.41) is 2.64. The maximum Gasteiger partial charge on any atom is 0.416 e. The number of alkyl halides is 3. The molecule has 0 heterocycles. The van der Waals surface area contributed by atoms with Crippen LogP contribution in [0.3, 0.4) is 0 Å². The molecule has 1 N–H and O–H groups in total. The predicted molar refractivity (Wildman–Crippen MR) is 63.0 cm³/mol. The van der Waals surface area contributed by atoms with Crippen LogP contribution in [0.5, 0.6) is 0 Å². The summed E-state index contributed by atoms with van der Waals surface area (Å²) in [6, 6.07) is 5.12. The van der Waals surface area contributed by atoms with Gasteiger partial charge in [-0.2, -0.15) is 13.2 Å². The van der Waals surface area contributed by atoms with Crippen LogP contribution < -0.4 is 5.32 Å². The monoisotopic (exact) mass is 259 g/mol. The minimum Gasteiger partial charge on any atom is -0.351 e. The molecule has 1 aromatic carbocycles. The Hall–Kier alpha value is -1.52. The summed E-state index contributed by atoms with van der Waals surface area (Å²) in [4.78, 5) is 11.6. The van der Waals surface area contributed by atoms with Crippen molar-refractivity contribution in [2.24, 2.45) is 0 Å². The van der Waals surface area contributed by atoms with Crippen molar-refractivity contribution in [2.75, 3.05) is 0 Å². The molecule has 100 valence electrons. The van der Waals surface area contributed by atoms with Crippen molar-refractivity contribution in [3.63, 3.8) is 0 Å². The molecule has 0 unspecified atom stereocenters. The van der Waals surface area contributed by atoms with Crippen LogP contribution in [-0.2, 0) is 17.4 Å². The number of hydrogen-bond acceptors (Lipinski definition) is 1. The fourth-order valence-electron chi connectivity index (χ4n) is 1.59. The van der Waals surface area contributed by atoms with Gasteiger partial charge in [0, 0.05) is 5.54 Å². The first-order chi connectivity index (χ1) is 8.09. The van der Waals surface area contributed by atoms with Gasteiger partial charge >= 0.3 is 6.18 Å². The van der Waals surface area contributed by atoms with Gasteiger partial charge in [-0.1, -0.05) is 18.2 Å². The summed E-state index contributed by atoms with van der Waals surface area (Å²) >= 11 is 0. The Kier molecular flexibility index (Phi) is 4.04. The van der Waals surface area contributed by atoms with Gasteiger partial charge in [0.05, 0.1) is 12.0 Å². The number of carbonyl (C=O) groups is 1. The highest BCUT2D eigenvalue weighted by atomic mass is 19.4. The Morgan fingerprint density at radius 2 is 1.72 bits per heavy atom. The molecule has 0 bridgehead atoms. The highest BCUT2D eigenvalue weighted by Crippen LogP contribution is 2.32. The normalized spacial score (nSPS) is 12.3. The minimum absolute atomic E-state index is 0.00764. The second-order valence-corrected chi connectivity index (χ2v) is 5.13. The summed E-state index contributed by atoms with van der Waals surface area (Å²) in [5.41, 5.74) is -1.22. The van der Waals surface area contributed by atoms with Crippen LogP contribution in [0.15, 0.2) is 24.3 Å². The second kappa shape index (κ2) is 5.00. The molecular weight excluding hydrogens is 243 g/mol. The standard InChI is InChI=1S/C13H16F3NO/c1-12(2,3)17-11(18)8-9-6-4-5-7-10(9)13(14,15)16/h4-7H,8H2,1-3H3,(H,17,18). The number of carbonyl (C=O) groups excluding carboxylic acids is 1. The molecule has 1 aromatic rings. The van der Waals surface area contributed by atoms with Gasteiger partial charge < -0.3 is 5.32 Å². The fourth-order valence-corrected chi connectivity index (χ4v) is 1.59. The Balaban J connectivity index is 2.89. The summed E-state index contributed by atoms with van der Waals surface area (Å²) in [5.74, 6) is -0.417. The number of nitrogens with one attached hydrogen (secondary N) is 1. The van der Waals surface area contributed by atoms with Crippen molar-refractivity contribution < 1.29 is 18.0 Å². The fraction of sp³-hybridized carbons (Fsp3) is 0.462. The number of benzene rings is 1. The highest BCUT2D eigenvalue weighted by Gasteiger charge is 2.33. The average molecular weight is 259 g/mol. The molecule has 0 aliphatic heterocycles. The molecule has 0 aliphatic rings. The van der Waals surface area contributed by atoms with Gasteiger partial charge in [-0.15, -0.1) is 0 Å². The van der Waals surface area contributed by atoms with Crippen molar-refractivity contribution in [2.45, 2.75) is 38.9 Å². The average Bonchev–Trinajstić information content (AvgIpc) is 2.13. The van der Waals surface area contributed by atoms with Crippen molar-refractivity contribution >= 4 is 5.91 Å². The zero-order valence-corrected chi connectivity index (χ0v) is 10.6. The van der Waals surface area contributed by atoms with Crippen LogP contribution in [0, 0.1) is 0 Å². The lowest BCUT2D eigenvalue weighted by Crippen LogP contribution is -2.41. The topological polar surface area (TPSA) is 29.1 Å². The van der Waals surface area contributed by atoms with E-state index >= 15 is 0 Å². The maximum atomic E-state index is 12.7. The summed E-state index contributed by atoms with van der Waals surface area (Å²) in [7, 11) is 0. The first-order valence-electron chi connectivity index (χ1n) is 5.56. The molecule has 18 heavy (non-hydrogen) atoms. The van der Waals surface area contributed by atoms with Crippen LogP contribution in [-0.4, -0.2) is 11.4 Å². The Morgan fingerprint density at radius 3 is 2.22 bits per heavy atom. The first-order valence-corrected chi connectivity index (χ1v) is 5.56. The van der Waals surface area contributed by atoms with Crippen molar-refractivity contribution in [1.82, 2.24) is 5.32 Å². The lowest BCUT2D eigenvalue weighted by Gasteiger charge is -2.21. The SMILES string of the molecule is CC(C)(C)NC(=O)Cc1ccccc1C(F)(F)F. The van der Waals surface area contributed by atoms with E-state index in [2.05, 4.69) is 5.32 Å². The number of amides is 1. The molecule has 1 rings (SSSR count). The Bertz CT molecular complexity index is 433. The van der Waals surface area contributed by atoms with Gasteiger partial charge in [0.2, 0.25) is 5.91 Å². The Morgan fingerprint density at radius 1 is 1.17 bits per heavy atom. The van der Waals surface area contributed by atoms with Crippen LogP contribution in [0.1, 0.15) is 31.9 Å². The summed E-state index contributed by atoms with van der Waals surface area (Å²) < 4.78 is 38.1. The van der Waals surface area contributed by atoms with E-state index in [-0.39, 0.29) is 12.0 Å². The largest absolute Gasteiger partial charge is 0.416 e. The molecule has 0 fully saturated rings. The van der Waals surface area contributed by atoms with Crippen molar-refractivity contribution in [3.8, 4) is 0 Å². The van der Waals surface area contributed by atoms with Crippen molar-refractivity contribution in [1.29, 1.82) is 0 Å². The molecule has 0 atom stereocenters. The van der Waals surface area contributed by atoms with E-state index in [1.807, 2.05) is 0 Å². The third-order valence-electron chi connectivity index (χ3n) is 2.19. The molecular formula is C13H16F3NO. The van der Waals surface area contributed by atoms with E-state index in [4.69, 9.17) is 0 Å². The molecule has 0 saturated heterocycles. The number of hydrogen-bond donors (Lipinski definition) is 1. The van der Waals surface area contributed by atoms with Gasteiger partial charge in [-0.3, -0.25) is 4.79 Å². The van der Waals surface area contributed by atoms with E-state index in [0.29, 0.717) is 0 Å². The predicted octanol–water partition coefficient (Wildman–Crippen LogP) is 3.16. The minimum atomic E-state index is -4.43. The van der Waals surface area contributed by atoms with Gasteiger partial charge in [0.15, 0.2) is 0 Å². The van der Waals surface area contributed by atoms with E-state index in [1.54, 1.807) is 20.8 Å². The summed E-state index contributed by atoms with van der Waals surface area (Å²) in [6.45, 7) is 5.34. The molecule has 2 nitrogen and oxygen atoms in total. The van der Waals surface area contributed by atoms with Crippen LogP contribution in [0.4, 0.5) is 13.2 Å². The van der Waals surface area contributed by atoms with Crippen molar-refractivity contribution in [3.05, 3.63) is 35.4 Å². The maximum absolute atomic E-state index is 12.7. The molecule has 0 aromatic heterocycles. The van der Waals surface area contributed by atoms with E-state index in [9.17, 15) is 18.0 Å². The molecule has 0 aliphatic carbocycles. The van der Waals surface area contributed by atoms with Gasteiger partial charge in [-0.25, -0.2) is 0 Å². The van der Waals surface area contributed by atoms with E-state index in [0.717, 1.165) is 6.07 Å². The van der Waals surface area contributed by atoms with Crippen LogP contribution in [0.2, 0.25) is 0 Å². The molecule has 5 heteroatoms. The second-order valence-electron chi connectivity index (χ2n) is 5.13. The quantitative estimate of drug-likeness (QED) is 0.868. The summed E-state index contributed by atoms with van der Waals surface area (Å²) in [6.07, 6.45) is -4.70. The Labute approximate surface area is 104 Å². The van der Waals surface area contributed by atoms with E-state index < -0.39 is 23.2 Å². The zero-order valence-electron chi connectivity index (χ0n) is 10.6. The smallest absolute Gasteiger partial charge is 0.351 e. The lowest BCUT2D eigenvalue weighted by atomic mass is 10.0.